The molecule has 5 rings (SSSR count). The van der Waals surface area contributed by atoms with Crippen molar-refractivity contribution in [3.8, 4) is 11.5 Å². The van der Waals surface area contributed by atoms with E-state index in [9.17, 15) is 18.8 Å². The molecule has 36 heavy (non-hydrogen) atoms. The number of nitrogens with zero attached hydrogens (tertiary/aromatic N) is 2. The van der Waals surface area contributed by atoms with Crippen molar-refractivity contribution >= 4 is 28.7 Å². The van der Waals surface area contributed by atoms with E-state index in [1.807, 2.05) is 12.1 Å². The minimum Gasteiger partial charge on any atom is -0.493 e. The van der Waals surface area contributed by atoms with Crippen LogP contribution in [0.3, 0.4) is 0 Å². The van der Waals surface area contributed by atoms with Crippen molar-refractivity contribution in [3.63, 3.8) is 0 Å². The van der Waals surface area contributed by atoms with Crippen molar-refractivity contribution in [1.82, 2.24) is 20.1 Å². The molecule has 3 aromatic rings. The van der Waals surface area contributed by atoms with Crippen LogP contribution in [0, 0.1) is 5.82 Å². The minimum absolute atomic E-state index is 0.00907. The molecule has 2 aromatic carbocycles. The van der Waals surface area contributed by atoms with Crippen molar-refractivity contribution < 1.29 is 28.2 Å². The Hall–Kier alpha value is -4.08. The van der Waals surface area contributed by atoms with Crippen LogP contribution in [0.2, 0.25) is 0 Å². The average molecular weight is 495 g/mol. The molecule has 9 nitrogen and oxygen atoms in total. The highest BCUT2D eigenvalue weighted by atomic mass is 19.1. The maximum absolute atomic E-state index is 13.6. The van der Waals surface area contributed by atoms with Crippen molar-refractivity contribution in [2.75, 3.05) is 27.3 Å². The van der Waals surface area contributed by atoms with Crippen LogP contribution in [0.4, 0.5) is 9.18 Å². The first kappa shape index (κ1) is 23.7. The molecule has 0 spiro atoms. The number of benzene rings is 2. The summed E-state index contributed by atoms with van der Waals surface area (Å²) in [4.78, 5) is 44.2. The Labute approximate surface area is 207 Å². The second-order valence-corrected chi connectivity index (χ2v) is 8.95. The topological polar surface area (TPSA) is 104 Å². The molecular formula is C26H27FN4O5. The van der Waals surface area contributed by atoms with Gasteiger partial charge in [-0.25, -0.2) is 9.18 Å². The van der Waals surface area contributed by atoms with Gasteiger partial charge in [0.15, 0.2) is 11.5 Å². The fourth-order valence-corrected chi connectivity index (χ4v) is 4.96. The van der Waals surface area contributed by atoms with Crippen molar-refractivity contribution in [2.24, 2.45) is 0 Å². The third-order valence-corrected chi connectivity index (χ3v) is 6.87. The lowest BCUT2D eigenvalue weighted by Gasteiger charge is -2.29. The van der Waals surface area contributed by atoms with Gasteiger partial charge >= 0.3 is 6.03 Å². The minimum atomic E-state index is -0.589. The summed E-state index contributed by atoms with van der Waals surface area (Å²) in [6.45, 7) is 0.661. The number of hydrogen-bond acceptors (Lipinski definition) is 5. The summed E-state index contributed by atoms with van der Waals surface area (Å²) in [5.74, 6) is 0.273. The lowest BCUT2D eigenvalue weighted by Crippen LogP contribution is -2.40. The third-order valence-electron chi connectivity index (χ3n) is 6.87. The SMILES string of the molecule is COc1cc2c(cc1OC)CN1C(=O)N(CCC(=O)NCCc3c[nH]c4ccc(F)cc34)C(=O)C1C2. The third kappa shape index (κ3) is 4.23. The Morgan fingerprint density at radius 3 is 2.64 bits per heavy atom. The van der Waals surface area contributed by atoms with Crippen molar-refractivity contribution in [2.45, 2.75) is 31.8 Å². The Kier molecular flexibility index (Phi) is 6.26. The number of urea groups is 1. The molecule has 10 heteroatoms. The van der Waals surface area contributed by atoms with E-state index in [0.717, 1.165) is 32.5 Å². The molecule has 3 heterocycles. The first-order valence-electron chi connectivity index (χ1n) is 11.8. The number of methoxy groups -OCH3 is 2. The summed E-state index contributed by atoms with van der Waals surface area (Å²) in [5, 5.41) is 3.60. The molecule has 188 valence electrons. The number of amides is 4. The van der Waals surface area contributed by atoms with Gasteiger partial charge in [0.1, 0.15) is 11.9 Å². The first-order chi connectivity index (χ1) is 17.4. The fraction of sp³-hybridized carbons (Fsp3) is 0.346. The lowest BCUT2D eigenvalue weighted by molar-refractivity contribution is -0.129. The Morgan fingerprint density at radius 1 is 1.14 bits per heavy atom. The summed E-state index contributed by atoms with van der Waals surface area (Å²) in [6.07, 6.45) is 2.72. The van der Waals surface area contributed by atoms with E-state index >= 15 is 0 Å². The number of hydrogen-bond donors (Lipinski definition) is 2. The van der Waals surface area contributed by atoms with Gasteiger partial charge in [0.05, 0.1) is 14.2 Å². The maximum atomic E-state index is 13.6. The number of carbonyl (C=O) groups excluding carboxylic acids is 3. The number of rotatable bonds is 8. The smallest absolute Gasteiger partial charge is 0.327 e. The van der Waals surface area contributed by atoms with Gasteiger partial charge in [-0.3, -0.25) is 14.5 Å². The summed E-state index contributed by atoms with van der Waals surface area (Å²) in [5.41, 5.74) is 3.58. The highest BCUT2D eigenvalue weighted by Gasteiger charge is 2.47. The molecule has 0 bridgehead atoms. The Bertz CT molecular complexity index is 1300. The molecule has 0 radical (unpaired) electrons. The number of fused-ring (bicyclic) bond motifs is 3. The van der Waals surface area contributed by atoms with E-state index in [4.69, 9.17) is 9.47 Å². The number of aromatic nitrogens is 1. The summed E-state index contributed by atoms with van der Waals surface area (Å²) in [7, 11) is 3.10. The van der Waals surface area contributed by atoms with Crippen molar-refractivity contribution in [1.29, 1.82) is 0 Å². The monoisotopic (exact) mass is 494 g/mol. The number of carbonyl (C=O) groups is 3. The predicted octanol–water partition coefficient (Wildman–Crippen LogP) is 2.76. The largest absolute Gasteiger partial charge is 0.493 e. The Balaban J connectivity index is 1.17. The molecular weight excluding hydrogens is 467 g/mol. The van der Waals surface area contributed by atoms with E-state index in [-0.39, 0.29) is 36.6 Å². The standard InChI is InChI=1S/C26H27FN4O5/c1-35-22-10-16-9-21-25(33)30(26(34)31(21)14-17(16)11-23(22)36-2)8-6-24(32)28-7-5-15-13-29-20-4-3-18(27)12-19(15)20/h3-4,10-13,21,29H,5-9,14H2,1-2H3,(H,28,32). The normalized spacial score (nSPS) is 16.8. The number of halogens is 1. The second kappa shape index (κ2) is 9.52. The van der Waals surface area contributed by atoms with Gasteiger partial charge in [-0.2, -0.15) is 0 Å². The number of nitrogens with one attached hydrogen (secondary N) is 2. The maximum Gasteiger partial charge on any atom is 0.327 e. The van der Waals surface area contributed by atoms with Gasteiger partial charge in [0.2, 0.25) is 5.91 Å². The molecule has 1 aromatic heterocycles. The van der Waals surface area contributed by atoms with Gasteiger partial charge in [-0.15, -0.1) is 0 Å². The van der Waals surface area contributed by atoms with Crippen LogP contribution >= 0.6 is 0 Å². The van der Waals surface area contributed by atoms with E-state index in [0.29, 0.717) is 37.4 Å². The number of aromatic amines is 1. The Morgan fingerprint density at radius 2 is 1.89 bits per heavy atom. The van der Waals surface area contributed by atoms with Gasteiger partial charge in [-0.1, -0.05) is 0 Å². The molecule has 1 atom stereocenters. The van der Waals surface area contributed by atoms with Crippen LogP contribution in [0.5, 0.6) is 11.5 Å². The summed E-state index contributed by atoms with van der Waals surface area (Å²) >= 11 is 0. The van der Waals surface area contributed by atoms with Gasteiger partial charge in [0, 0.05) is 49.6 Å². The van der Waals surface area contributed by atoms with Crippen molar-refractivity contribution in [3.05, 3.63) is 59.0 Å². The van der Waals surface area contributed by atoms with Gasteiger partial charge < -0.3 is 24.7 Å². The lowest BCUT2D eigenvalue weighted by atomic mass is 9.94. The highest BCUT2D eigenvalue weighted by Crippen LogP contribution is 2.37. The van der Waals surface area contributed by atoms with Crippen LogP contribution in [0.15, 0.2) is 36.5 Å². The molecule has 1 saturated heterocycles. The van der Waals surface area contributed by atoms with Crippen LogP contribution in [0.25, 0.3) is 10.9 Å². The predicted molar refractivity (Wildman–Crippen MR) is 129 cm³/mol. The van der Waals surface area contributed by atoms with E-state index in [1.165, 1.54) is 12.1 Å². The number of ether oxygens (including phenoxy) is 2. The molecule has 0 saturated carbocycles. The zero-order valence-corrected chi connectivity index (χ0v) is 20.1. The van der Waals surface area contributed by atoms with E-state index in [2.05, 4.69) is 10.3 Å². The van der Waals surface area contributed by atoms with Crippen LogP contribution in [-0.2, 0) is 29.0 Å². The van der Waals surface area contributed by atoms with Crippen LogP contribution in [0.1, 0.15) is 23.1 Å². The highest BCUT2D eigenvalue weighted by molar-refractivity contribution is 6.05. The molecule has 1 unspecified atom stereocenters. The number of H-pyrrole nitrogens is 1. The van der Waals surface area contributed by atoms with Crippen LogP contribution < -0.4 is 14.8 Å². The fourth-order valence-electron chi connectivity index (χ4n) is 4.96. The second-order valence-electron chi connectivity index (χ2n) is 8.95. The average Bonchev–Trinajstić information content (AvgIpc) is 3.38. The molecule has 2 aliphatic rings. The molecule has 1 fully saturated rings. The van der Waals surface area contributed by atoms with E-state index in [1.54, 1.807) is 31.4 Å². The first-order valence-corrected chi connectivity index (χ1v) is 11.8. The summed E-state index contributed by atoms with van der Waals surface area (Å²) in [6, 6.07) is 7.24. The van der Waals surface area contributed by atoms with Gasteiger partial charge in [-0.05, 0) is 53.4 Å². The zero-order chi connectivity index (χ0) is 25.4. The van der Waals surface area contributed by atoms with E-state index < -0.39 is 6.04 Å². The molecule has 0 aliphatic carbocycles. The zero-order valence-electron chi connectivity index (χ0n) is 20.1. The quantitative estimate of drug-likeness (QED) is 0.469. The molecule has 2 N–H and O–H groups in total. The number of imide groups is 1. The molecule has 2 aliphatic heterocycles. The van der Waals surface area contributed by atoms with Crippen LogP contribution in [-0.4, -0.2) is 66.0 Å². The molecule has 4 amide bonds. The summed E-state index contributed by atoms with van der Waals surface area (Å²) < 4.78 is 24.3. The van der Waals surface area contributed by atoms with Gasteiger partial charge in [0.25, 0.3) is 5.91 Å².